The van der Waals surface area contributed by atoms with Crippen LogP contribution in [0.3, 0.4) is 0 Å². The van der Waals surface area contributed by atoms with Gasteiger partial charge in [-0.3, -0.25) is 0 Å². The molecule has 3 nitrogen and oxygen atoms in total. The van der Waals surface area contributed by atoms with E-state index in [0.29, 0.717) is 16.6 Å². The van der Waals surface area contributed by atoms with Gasteiger partial charge in [0.25, 0.3) is 0 Å². The van der Waals surface area contributed by atoms with Crippen molar-refractivity contribution in [3.8, 4) is 22.4 Å². The summed E-state index contributed by atoms with van der Waals surface area (Å²) in [6, 6.07) is 13.9. The van der Waals surface area contributed by atoms with Crippen LogP contribution in [0.4, 0.5) is 5.88 Å². The first-order valence-corrected chi connectivity index (χ1v) is 7.03. The molecule has 1 heterocycles. The number of anilines is 1. The summed E-state index contributed by atoms with van der Waals surface area (Å²) in [6.07, 6.45) is 0. The van der Waals surface area contributed by atoms with E-state index in [2.05, 4.69) is 5.16 Å². The minimum absolute atomic E-state index is 0.298. The summed E-state index contributed by atoms with van der Waals surface area (Å²) in [4.78, 5) is 0. The monoisotopic (exact) mass is 298 g/mol. The normalized spacial score (nSPS) is 10.8. The van der Waals surface area contributed by atoms with Gasteiger partial charge in [-0.1, -0.05) is 64.8 Å². The summed E-state index contributed by atoms with van der Waals surface area (Å²) in [7, 11) is 0. The predicted octanol–water partition coefficient (Wildman–Crippen LogP) is 4.86. The maximum Gasteiger partial charge on any atom is 0.230 e. The van der Waals surface area contributed by atoms with Crippen LogP contribution in [0.1, 0.15) is 11.1 Å². The van der Waals surface area contributed by atoms with Crippen LogP contribution in [0.25, 0.3) is 22.4 Å². The number of benzene rings is 2. The van der Waals surface area contributed by atoms with Crippen molar-refractivity contribution in [2.24, 2.45) is 0 Å². The molecule has 4 heteroatoms. The van der Waals surface area contributed by atoms with Gasteiger partial charge < -0.3 is 10.3 Å². The summed E-state index contributed by atoms with van der Waals surface area (Å²) in [6.45, 7) is 4.00. The zero-order chi connectivity index (χ0) is 15.0. The lowest BCUT2D eigenvalue weighted by molar-refractivity contribution is 0.439. The second kappa shape index (κ2) is 5.26. The van der Waals surface area contributed by atoms with Gasteiger partial charge in [0, 0.05) is 5.56 Å². The number of nitrogens with zero attached hydrogens (tertiary/aromatic N) is 1. The topological polar surface area (TPSA) is 52.0 Å². The molecular formula is C17H15ClN2O. The Hall–Kier alpha value is -2.26. The van der Waals surface area contributed by atoms with Crippen LogP contribution >= 0.6 is 11.6 Å². The van der Waals surface area contributed by atoms with Crippen LogP contribution in [0.5, 0.6) is 0 Å². The zero-order valence-corrected chi connectivity index (χ0v) is 12.6. The molecule has 0 bridgehead atoms. The Morgan fingerprint density at radius 2 is 1.76 bits per heavy atom. The van der Waals surface area contributed by atoms with E-state index in [0.717, 1.165) is 22.3 Å². The quantitative estimate of drug-likeness (QED) is 0.735. The third kappa shape index (κ3) is 2.41. The van der Waals surface area contributed by atoms with Crippen LogP contribution in [0, 0.1) is 13.8 Å². The van der Waals surface area contributed by atoms with Gasteiger partial charge in [0.1, 0.15) is 5.69 Å². The van der Waals surface area contributed by atoms with Gasteiger partial charge in [-0.15, -0.1) is 0 Å². The number of nitrogens with two attached hydrogens (primary N) is 1. The van der Waals surface area contributed by atoms with Gasteiger partial charge in [0.2, 0.25) is 5.88 Å². The van der Waals surface area contributed by atoms with E-state index in [1.54, 1.807) is 0 Å². The van der Waals surface area contributed by atoms with Crippen molar-refractivity contribution < 1.29 is 4.52 Å². The minimum atomic E-state index is 0.298. The van der Waals surface area contributed by atoms with Gasteiger partial charge in [-0.25, -0.2) is 0 Å². The molecule has 2 N–H and O–H groups in total. The summed E-state index contributed by atoms with van der Waals surface area (Å²) >= 11 is 6.40. The van der Waals surface area contributed by atoms with Crippen molar-refractivity contribution in [3.63, 3.8) is 0 Å². The van der Waals surface area contributed by atoms with Gasteiger partial charge in [0.05, 0.1) is 10.6 Å². The maximum atomic E-state index is 6.40. The largest absolute Gasteiger partial charge is 0.367 e. The first-order valence-electron chi connectivity index (χ1n) is 6.65. The predicted molar refractivity (Wildman–Crippen MR) is 86.3 cm³/mol. The van der Waals surface area contributed by atoms with Crippen LogP contribution in [-0.4, -0.2) is 5.16 Å². The number of aromatic nitrogens is 1. The summed E-state index contributed by atoms with van der Waals surface area (Å²) in [5.41, 5.74) is 11.4. The number of halogens is 1. The maximum absolute atomic E-state index is 6.40. The molecule has 0 aliphatic carbocycles. The first kappa shape index (κ1) is 13.7. The lowest BCUT2D eigenvalue weighted by Gasteiger charge is -2.07. The molecule has 0 radical (unpaired) electrons. The Labute approximate surface area is 128 Å². The van der Waals surface area contributed by atoms with E-state index in [1.807, 2.05) is 56.3 Å². The van der Waals surface area contributed by atoms with Gasteiger partial charge in [0.15, 0.2) is 0 Å². The molecule has 0 unspecified atom stereocenters. The molecule has 1 aromatic heterocycles. The van der Waals surface area contributed by atoms with Crippen molar-refractivity contribution in [2.75, 3.05) is 5.73 Å². The third-order valence-corrected chi connectivity index (χ3v) is 4.01. The van der Waals surface area contributed by atoms with Crippen LogP contribution < -0.4 is 5.73 Å². The number of hydrogen-bond donors (Lipinski definition) is 1. The molecule has 3 rings (SSSR count). The number of aryl methyl sites for hydroxylation is 2. The molecule has 21 heavy (non-hydrogen) atoms. The van der Waals surface area contributed by atoms with E-state index >= 15 is 0 Å². The van der Waals surface area contributed by atoms with Crippen LogP contribution in [0.15, 0.2) is 47.0 Å². The summed E-state index contributed by atoms with van der Waals surface area (Å²) in [5, 5.41) is 4.77. The Kier molecular flexibility index (Phi) is 3.43. The van der Waals surface area contributed by atoms with Crippen LogP contribution in [0.2, 0.25) is 5.02 Å². The molecule has 0 spiro atoms. The van der Waals surface area contributed by atoms with Crippen molar-refractivity contribution in [2.45, 2.75) is 13.8 Å². The fourth-order valence-electron chi connectivity index (χ4n) is 2.32. The highest BCUT2D eigenvalue weighted by molar-refractivity contribution is 6.34. The van der Waals surface area contributed by atoms with Gasteiger partial charge >= 0.3 is 0 Å². The molecule has 0 amide bonds. The Morgan fingerprint density at radius 1 is 1.05 bits per heavy atom. The van der Waals surface area contributed by atoms with Crippen LogP contribution in [-0.2, 0) is 0 Å². The Balaban J connectivity index is 2.22. The molecule has 0 aliphatic heterocycles. The highest BCUT2D eigenvalue weighted by atomic mass is 35.5. The molecule has 0 fully saturated rings. The van der Waals surface area contributed by atoms with Crippen molar-refractivity contribution in [3.05, 3.63) is 58.6 Å². The smallest absolute Gasteiger partial charge is 0.230 e. The fraction of sp³-hybridized carbons (Fsp3) is 0.118. The molecule has 3 aromatic rings. The molecule has 106 valence electrons. The van der Waals surface area contributed by atoms with Crippen molar-refractivity contribution in [1.29, 1.82) is 0 Å². The first-order chi connectivity index (χ1) is 10.1. The number of rotatable bonds is 2. The Bertz CT molecular complexity index is 791. The lowest BCUT2D eigenvalue weighted by Crippen LogP contribution is -1.89. The number of hydrogen-bond acceptors (Lipinski definition) is 3. The molecular weight excluding hydrogens is 284 g/mol. The molecule has 0 saturated heterocycles. The fourth-order valence-corrected chi connectivity index (χ4v) is 2.53. The highest BCUT2D eigenvalue weighted by Gasteiger charge is 2.19. The average Bonchev–Trinajstić information content (AvgIpc) is 2.85. The minimum Gasteiger partial charge on any atom is -0.367 e. The molecule has 0 aliphatic rings. The van der Waals surface area contributed by atoms with Gasteiger partial charge in [-0.2, -0.15) is 0 Å². The van der Waals surface area contributed by atoms with E-state index < -0.39 is 0 Å². The SMILES string of the molecule is Cc1ccc(-c2c(-c3cccc(C)c3Cl)noc2N)cc1. The van der Waals surface area contributed by atoms with Crippen molar-refractivity contribution >= 4 is 17.5 Å². The highest BCUT2D eigenvalue weighted by Crippen LogP contribution is 2.39. The number of nitrogen functional groups attached to an aromatic ring is 1. The molecule has 2 aromatic carbocycles. The zero-order valence-electron chi connectivity index (χ0n) is 11.9. The molecule has 0 saturated carbocycles. The molecule has 0 atom stereocenters. The summed E-state index contributed by atoms with van der Waals surface area (Å²) < 4.78 is 5.20. The lowest BCUT2D eigenvalue weighted by atomic mass is 9.99. The van der Waals surface area contributed by atoms with Gasteiger partial charge in [-0.05, 0) is 25.0 Å². The van der Waals surface area contributed by atoms with E-state index in [4.69, 9.17) is 21.9 Å². The second-order valence-corrected chi connectivity index (χ2v) is 5.45. The van der Waals surface area contributed by atoms with E-state index in [-0.39, 0.29) is 0 Å². The average molecular weight is 299 g/mol. The summed E-state index contributed by atoms with van der Waals surface area (Å²) in [5.74, 6) is 0.298. The van der Waals surface area contributed by atoms with E-state index in [1.165, 1.54) is 5.56 Å². The standard InChI is InChI=1S/C17H15ClN2O/c1-10-6-8-12(9-7-10)14-16(20-21-17(14)19)13-5-3-4-11(2)15(13)18/h3-9H,19H2,1-2H3. The van der Waals surface area contributed by atoms with E-state index in [9.17, 15) is 0 Å². The van der Waals surface area contributed by atoms with Crippen molar-refractivity contribution in [1.82, 2.24) is 5.16 Å². The Morgan fingerprint density at radius 3 is 2.48 bits per heavy atom. The second-order valence-electron chi connectivity index (χ2n) is 5.07. The third-order valence-electron chi connectivity index (χ3n) is 3.51.